The molecule has 16 heavy (non-hydrogen) atoms. The number of nitrogens with zero attached hydrogens (tertiary/aromatic N) is 1. The van der Waals surface area contributed by atoms with Crippen molar-refractivity contribution < 1.29 is 4.39 Å². The van der Waals surface area contributed by atoms with E-state index in [1.807, 2.05) is 6.07 Å². The summed E-state index contributed by atoms with van der Waals surface area (Å²) >= 11 is 0. The van der Waals surface area contributed by atoms with E-state index in [9.17, 15) is 4.39 Å². The number of hydrogen-bond acceptors (Lipinski definition) is 2. The lowest BCUT2D eigenvalue weighted by molar-refractivity contribution is 0.377. The molecule has 1 N–H and O–H groups in total. The van der Waals surface area contributed by atoms with Crippen LogP contribution in [0.15, 0.2) is 18.2 Å². The van der Waals surface area contributed by atoms with Gasteiger partial charge in [0, 0.05) is 18.7 Å². The van der Waals surface area contributed by atoms with Gasteiger partial charge in [-0.1, -0.05) is 26.8 Å². The highest BCUT2D eigenvalue weighted by atomic mass is 19.1. The molecule has 86 valence electrons. The molecule has 0 saturated carbocycles. The van der Waals surface area contributed by atoms with Crippen LogP contribution in [0.2, 0.25) is 0 Å². The van der Waals surface area contributed by atoms with Gasteiger partial charge in [0.05, 0.1) is 11.6 Å². The molecule has 0 unspecified atom stereocenters. The van der Waals surface area contributed by atoms with E-state index in [1.165, 1.54) is 6.07 Å². The molecule has 1 rings (SSSR count). The Bertz CT molecular complexity index is 399. The molecule has 0 bridgehead atoms. The Morgan fingerprint density at radius 2 is 2.06 bits per heavy atom. The van der Waals surface area contributed by atoms with Crippen LogP contribution in [0.5, 0.6) is 0 Å². The van der Waals surface area contributed by atoms with Gasteiger partial charge in [0.25, 0.3) is 0 Å². The van der Waals surface area contributed by atoms with Crippen molar-refractivity contribution in [2.75, 3.05) is 6.54 Å². The van der Waals surface area contributed by atoms with Gasteiger partial charge in [0.1, 0.15) is 5.82 Å². The maximum atomic E-state index is 13.5. The van der Waals surface area contributed by atoms with Gasteiger partial charge >= 0.3 is 0 Å². The van der Waals surface area contributed by atoms with Crippen LogP contribution >= 0.6 is 0 Å². The lowest BCUT2D eigenvalue weighted by Crippen LogP contribution is -2.26. The van der Waals surface area contributed by atoms with Crippen molar-refractivity contribution in [2.45, 2.75) is 27.3 Å². The van der Waals surface area contributed by atoms with Crippen LogP contribution in [0.3, 0.4) is 0 Å². The summed E-state index contributed by atoms with van der Waals surface area (Å²) in [5.41, 5.74) is 1.14. The first-order chi connectivity index (χ1) is 7.42. The Kier molecular flexibility index (Phi) is 4.03. The fourth-order valence-electron chi connectivity index (χ4n) is 1.33. The molecule has 3 heteroatoms. The minimum Gasteiger partial charge on any atom is -0.312 e. The van der Waals surface area contributed by atoms with Gasteiger partial charge in [-0.3, -0.25) is 0 Å². The second-order valence-corrected chi connectivity index (χ2v) is 5.08. The first-order valence-corrected chi connectivity index (χ1v) is 5.31. The Labute approximate surface area is 96.1 Å². The molecule has 1 aromatic rings. The number of hydrogen-bond donors (Lipinski definition) is 1. The zero-order chi connectivity index (χ0) is 12.2. The van der Waals surface area contributed by atoms with Crippen molar-refractivity contribution in [1.82, 2.24) is 5.32 Å². The minimum atomic E-state index is -0.319. The van der Waals surface area contributed by atoms with E-state index in [4.69, 9.17) is 5.26 Å². The first kappa shape index (κ1) is 12.7. The third-order valence-corrected chi connectivity index (χ3v) is 2.15. The highest BCUT2D eigenvalue weighted by molar-refractivity contribution is 5.32. The monoisotopic (exact) mass is 220 g/mol. The van der Waals surface area contributed by atoms with Gasteiger partial charge < -0.3 is 5.32 Å². The molecule has 0 saturated heterocycles. The van der Waals surface area contributed by atoms with Gasteiger partial charge in [-0.05, 0) is 17.5 Å². The standard InChI is InChI=1S/C13H17FN2/c1-13(2,3)9-16-8-11-5-4-10(7-15)6-12(11)14/h4-6,16H,8-9H2,1-3H3. The summed E-state index contributed by atoms with van der Waals surface area (Å²) in [5, 5.41) is 11.8. The van der Waals surface area contributed by atoms with E-state index in [0.29, 0.717) is 17.7 Å². The molecule has 0 atom stereocenters. The zero-order valence-electron chi connectivity index (χ0n) is 9.97. The van der Waals surface area contributed by atoms with Gasteiger partial charge in [-0.2, -0.15) is 5.26 Å². The van der Waals surface area contributed by atoms with Crippen LogP contribution in [0.25, 0.3) is 0 Å². The first-order valence-electron chi connectivity index (χ1n) is 5.31. The molecule has 0 spiro atoms. The van der Waals surface area contributed by atoms with E-state index in [-0.39, 0.29) is 11.2 Å². The van der Waals surface area contributed by atoms with Gasteiger partial charge in [-0.25, -0.2) is 4.39 Å². The maximum Gasteiger partial charge on any atom is 0.129 e. The summed E-state index contributed by atoms with van der Waals surface area (Å²) in [6.45, 7) is 7.68. The average Bonchev–Trinajstić information content (AvgIpc) is 2.18. The molecule has 0 aliphatic heterocycles. The van der Waals surface area contributed by atoms with Gasteiger partial charge in [0.15, 0.2) is 0 Å². The van der Waals surface area contributed by atoms with Crippen molar-refractivity contribution in [3.05, 3.63) is 35.1 Å². The molecule has 0 fully saturated rings. The lowest BCUT2D eigenvalue weighted by atomic mass is 9.97. The predicted molar refractivity (Wildman–Crippen MR) is 62.3 cm³/mol. The van der Waals surface area contributed by atoms with Crippen LogP contribution in [0, 0.1) is 22.6 Å². The Hall–Kier alpha value is -1.40. The molecule has 0 amide bonds. The van der Waals surface area contributed by atoms with E-state index in [2.05, 4.69) is 26.1 Å². The van der Waals surface area contributed by atoms with E-state index in [0.717, 1.165) is 6.54 Å². The molecule has 0 radical (unpaired) electrons. The number of halogens is 1. The molecule has 0 aliphatic carbocycles. The third-order valence-electron chi connectivity index (χ3n) is 2.15. The highest BCUT2D eigenvalue weighted by Gasteiger charge is 2.10. The van der Waals surface area contributed by atoms with E-state index in [1.54, 1.807) is 12.1 Å². The SMILES string of the molecule is CC(C)(C)CNCc1ccc(C#N)cc1F. The van der Waals surface area contributed by atoms with Crippen LogP contribution in [0.1, 0.15) is 31.9 Å². The molecular formula is C13H17FN2. The van der Waals surface area contributed by atoms with Gasteiger partial charge in [-0.15, -0.1) is 0 Å². The van der Waals surface area contributed by atoms with Crippen LogP contribution in [0.4, 0.5) is 4.39 Å². The van der Waals surface area contributed by atoms with Crippen molar-refractivity contribution in [3.63, 3.8) is 0 Å². The quantitative estimate of drug-likeness (QED) is 0.850. The van der Waals surface area contributed by atoms with E-state index >= 15 is 0 Å². The molecule has 1 aromatic carbocycles. The minimum absolute atomic E-state index is 0.184. The molecule has 0 aromatic heterocycles. The second kappa shape index (κ2) is 5.09. The van der Waals surface area contributed by atoms with Gasteiger partial charge in [0.2, 0.25) is 0 Å². The van der Waals surface area contributed by atoms with Crippen LogP contribution in [-0.4, -0.2) is 6.54 Å². The topological polar surface area (TPSA) is 35.8 Å². The Morgan fingerprint density at radius 3 is 2.56 bits per heavy atom. The summed E-state index contributed by atoms with van der Waals surface area (Å²) in [6.07, 6.45) is 0. The molecule has 0 heterocycles. The smallest absolute Gasteiger partial charge is 0.129 e. The number of benzene rings is 1. The summed E-state index contributed by atoms with van der Waals surface area (Å²) in [5.74, 6) is -0.319. The van der Waals surface area contributed by atoms with Crippen molar-refractivity contribution in [3.8, 4) is 6.07 Å². The van der Waals surface area contributed by atoms with Crippen molar-refractivity contribution in [2.24, 2.45) is 5.41 Å². The fraction of sp³-hybridized carbons (Fsp3) is 0.462. The Balaban J connectivity index is 2.59. The van der Waals surface area contributed by atoms with Crippen molar-refractivity contribution in [1.29, 1.82) is 5.26 Å². The van der Waals surface area contributed by atoms with Crippen LogP contribution in [-0.2, 0) is 6.54 Å². The third kappa shape index (κ3) is 4.00. The van der Waals surface area contributed by atoms with Crippen molar-refractivity contribution >= 4 is 0 Å². The second-order valence-electron chi connectivity index (χ2n) is 5.08. The fourth-order valence-corrected chi connectivity index (χ4v) is 1.33. The number of rotatable bonds is 3. The number of nitriles is 1. The average molecular weight is 220 g/mol. The summed E-state index contributed by atoms with van der Waals surface area (Å²) in [7, 11) is 0. The van der Waals surface area contributed by atoms with E-state index < -0.39 is 0 Å². The summed E-state index contributed by atoms with van der Waals surface area (Å²) in [6, 6.07) is 6.48. The normalized spacial score (nSPS) is 11.2. The van der Waals surface area contributed by atoms with Crippen LogP contribution < -0.4 is 5.32 Å². The summed E-state index contributed by atoms with van der Waals surface area (Å²) in [4.78, 5) is 0. The highest BCUT2D eigenvalue weighted by Crippen LogP contribution is 2.13. The maximum absolute atomic E-state index is 13.5. The zero-order valence-corrected chi connectivity index (χ0v) is 9.97. The lowest BCUT2D eigenvalue weighted by Gasteiger charge is -2.18. The Morgan fingerprint density at radius 1 is 1.38 bits per heavy atom. The number of nitrogens with one attached hydrogen (secondary N) is 1. The molecular weight excluding hydrogens is 203 g/mol. The summed E-state index contributed by atoms with van der Waals surface area (Å²) < 4.78 is 13.5. The molecule has 0 aliphatic rings. The molecule has 2 nitrogen and oxygen atoms in total. The predicted octanol–water partition coefficient (Wildman–Crippen LogP) is 2.83. The largest absolute Gasteiger partial charge is 0.312 e.